The van der Waals surface area contributed by atoms with Crippen LogP contribution in [0.4, 0.5) is 0 Å². The Hall–Kier alpha value is -1.33. The third-order valence-electron chi connectivity index (χ3n) is 3.01. The molecular weight excluding hydrogens is 328 g/mol. The predicted octanol–water partition coefficient (Wildman–Crippen LogP) is 3.32. The zero-order valence-corrected chi connectivity index (χ0v) is 12.7. The van der Waals surface area contributed by atoms with Gasteiger partial charge in [0.05, 0.1) is 29.7 Å². The molecule has 3 aromatic rings. The predicted molar refractivity (Wildman–Crippen MR) is 79.3 cm³/mol. The van der Waals surface area contributed by atoms with Gasteiger partial charge in [0.2, 0.25) is 0 Å². The van der Waals surface area contributed by atoms with Crippen LogP contribution in [0.25, 0.3) is 11.0 Å². The zero-order chi connectivity index (χ0) is 13.4. The molecule has 0 amide bonds. The van der Waals surface area contributed by atoms with Gasteiger partial charge < -0.3 is 4.57 Å². The second-order valence-corrected chi connectivity index (χ2v) is 5.59. The molecule has 98 valence electrons. The van der Waals surface area contributed by atoms with Crippen molar-refractivity contribution in [3.63, 3.8) is 0 Å². The molecular formula is C13H12BrClN4. The second-order valence-electron chi connectivity index (χ2n) is 4.40. The van der Waals surface area contributed by atoms with Crippen molar-refractivity contribution in [2.75, 3.05) is 0 Å². The van der Waals surface area contributed by atoms with Gasteiger partial charge in [0.15, 0.2) is 0 Å². The van der Waals surface area contributed by atoms with Crippen LogP contribution in [0.15, 0.2) is 35.1 Å². The van der Waals surface area contributed by atoms with Gasteiger partial charge in [-0.1, -0.05) is 15.9 Å². The first-order chi connectivity index (χ1) is 9.17. The van der Waals surface area contributed by atoms with E-state index in [4.69, 9.17) is 11.6 Å². The van der Waals surface area contributed by atoms with E-state index < -0.39 is 0 Å². The SMILES string of the molecule is Cn1cc(Cn2c(CCl)nc3ccc(Br)cc32)cn1. The minimum absolute atomic E-state index is 0.395. The van der Waals surface area contributed by atoms with Crippen LogP contribution >= 0.6 is 27.5 Å². The smallest absolute Gasteiger partial charge is 0.125 e. The average Bonchev–Trinajstić information content (AvgIpc) is 2.94. The molecule has 0 bridgehead atoms. The summed E-state index contributed by atoms with van der Waals surface area (Å²) in [4.78, 5) is 4.56. The Morgan fingerprint density at radius 2 is 2.21 bits per heavy atom. The molecule has 0 aliphatic carbocycles. The molecule has 0 saturated heterocycles. The van der Waals surface area contributed by atoms with Crippen molar-refractivity contribution < 1.29 is 0 Å². The number of aryl methyl sites for hydroxylation is 1. The summed E-state index contributed by atoms with van der Waals surface area (Å²) >= 11 is 9.50. The largest absolute Gasteiger partial charge is 0.322 e. The fourth-order valence-corrected chi connectivity index (χ4v) is 2.71. The maximum absolute atomic E-state index is 6.00. The first-order valence-corrected chi connectivity index (χ1v) is 7.18. The number of fused-ring (bicyclic) bond motifs is 1. The molecule has 0 radical (unpaired) electrons. The van der Waals surface area contributed by atoms with Gasteiger partial charge in [-0.3, -0.25) is 4.68 Å². The summed E-state index contributed by atoms with van der Waals surface area (Å²) in [5, 5.41) is 4.19. The monoisotopic (exact) mass is 338 g/mol. The van der Waals surface area contributed by atoms with Crippen LogP contribution in [-0.4, -0.2) is 19.3 Å². The standard InChI is InChI=1S/C13H12BrClN4/c1-18-7-9(6-16-18)8-19-12-4-10(14)2-3-11(12)17-13(19)5-15/h2-4,6-7H,5,8H2,1H3. The van der Waals surface area contributed by atoms with Crippen molar-refractivity contribution in [2.24, 2.45) is 7.05 Å². The molecule has 4 nitrogen and oxygen atoms in total. The summed E-state index contributed by atoms with van der Waals surface area (Å²) in [6.45, 7) is 0.725. The molecule has 2 aromatic heterocycles. The summed E-state index contributed by atoms with van der Waals surface area (Å²) in [6, 6.07) is 6.05. The van der Waals surface area contributed by atoms with Crippen molar-refractivity contribution in [1.29, 1.82) is 0 Å². The van der Waals surface area contributed by atoms with Crippen molar-refractivity contribution in [2.45, 2.75) is 12.4 Å². The van der Waals surface area contributed by atoms with Crippen LogP contribution in [0.2, 0.25) is 0 Å². The average molecular weight is 340 g/mol. The van der Waals surface area contributed by atoms with Crippen molar-refractivity contribution in [3.8, 4) is 0 Å². The highest BCUT2D eigenvalue weighted by atomic mass is 79.9. The van der Waals surface area contributed by atoms with Crippen molar-refractivity contribution in [1.82, 2.24) is 19.3 Å². The summed E-state index contributed by atoms with van der Waals surface area (Å²) in [6.07, 6.45) is 3.86. The minimum Gasteiger partial charge on any atom is -0.322 e. The van der Waals surface area contributed by atoms with Crippen LogP contribution < -0.4 is 0 Å². The molecule has 0 atom stereocenters. The number of alkyl halides is 1. The van der Waals surface area contributed by atoms with Gasteiger partial charge >= 0.3 is 0 Å². The van der Waals surface area contributed by atoms with Gasteiger partial charge in [-0.05, 0) is 18.2 Å². The van der Waals surface area contributed by atoms with E-state index in [0.29, 0.717) is 5.88 Å². The number of benzene rings is 1. The summed E-state index contributed by atoms with van der Waals surface area (Å²) in [5.41, 5.74) is 3.17. The first-order valence-electron chi connectivity index (χ1n) is 5.85. The normalized spacial score (nSPS) is 11.3. The molecule has 0 spiro atoms. The number of aromatic nitrogens is 4. The zero-order valence-electron chi connectivity index (χ0n) is 10.3. The number of hydrogen-bond donors (Lipinski definition) is 0. The molecule has 19 heavy (non-hydrogen) atoms. The fraction of sp³-hybridized carbons (Fsp3) is 0.231. The second kappa shape index (κ2) is 4.98. The van der Waals surface area contributed by atoms with Gasteiger partial charge in [0, 0.05) is 23.3 Å². The van der Waals surface area contributed by atoms with Crippen LogP contribution in [0, 0.1) is 0 Å². The van der Waals surface area contributed by atoms with Crippen molar-refractivity contribution in [3.05, 3.63) is 46.5 Å². The topological polar surface area (TPSA) is 35.6 Å². The van der Waals surface area contributed by atoms with Gasteiger partial charge in [0.25, 0.3) is 0 Å². The van der Waals surface area contributed by atoms with Gasteiger partial charge in [0.1, 0.15) is 5.82 Å². The minimum atomic E-state index is 0.395. The molecule has 0 N–H and O–H groups in total. The van der Waals surface area contributed by atoms with Crippen LogP contribution in [-0.2, 0) is 19.5 Å². The highest BCUT2D eigenvalue weighted by molar-refractivity contribution is 9.10. The lowest BCUT2D eigenvalue weighted by molar-refractivity contribution is 0.758. The van der Waals surface area contributed by atoms with Crippen LogP contribution in [0.1, 0.15) is 11.4 Å². The molecule has 0 aliphatic rings. The van der Waals surface area contributed by atoms with E-state index in [9.17, 15) is 0 Å². The molecule has 0 fully saturated rings. The lowest BCUT2D eigenvalue weighted by Gasteiger charge is -2.06. The lowest BCUT2D eigenvalue weighted by Crippen LogP contribution is -2.03. The Morgan fingerprint density at radius 1 is 1.37 bits per heavy atom. The molecule has 0 saturated carbocycles. The van der Waals surface area contributed by atoms with E-state index >= 15 is 0 Å². The van der Waals surface area contributed by atoms with E-state index in [1.54, 1.807) is 4.68 Å². The molecule has 1 aromatic carbocycles. The third-order valence-corrected chi connectivity index (χ3v) is 3.74. The molecule has 2 heterocycles. The summed E-state index contributed by atoms with van der Waals surface area (Å²) in [5.74, 6) is 1.27. The number of hydrogen-bond acceptors (Lipinski definition) is 2. The van der Waals surface area contributed by atoms with E-state index in [1.165, 1.54) is 0 Å². The number of imidazole rings is 1. The lowest BCUT2D eigenvalue weighted by atomic mass is 10.3. The van der Waals surface area contributed by atoms with E-state index in [0.717, 1.165) is 33.4 Å². The maximum Gasteiger partial charge on any atom is 0.125 e. The Labute approximate surface area is 124 Å². The first kappa shape index (κ1) is 12.7. The van der Waals surface area contributed by atoms with E-state index in [2.05, 4.69) is 36.6 Å². The highest BCUT2D eigenvalue weighted by Crippen LogP contribution is 2.23. The molecule has 6 heteroatoms. The molecule has 3 rings (SSSR count). The molecule has 0 aliphatic heterocycles. The van der Waals surface area contributed by atoms with Crippen LogP contribution in [0.3, 0.4) is 0 Å². The van der Waals surface area contributed by atoms with E-state index in [1.807, 2.05) is 31.6 Å². The quantitative estimate of drug-likeness (QED) is 0.686. The van der Waals surface area contributed by atoms with Gasteiger partial charge in [-0.15, -0.1) is 11.6 Å². The van der Waals surface area contributed by atoms with E-state index in [-0.39, 0.29) is 0 Å². The maximum atomic E-state index is 6.00. The number of halogens is 2. The highest BCUT2D eigenvalue weighted by Gasteiger charge is 2.11. The Morgan fingerprint density at radius 3 is 2.89 bits per heavy atom. The molecule has 0 unspecified atom stereocenters. The Kier molecular flexibility index (Phi) is 3.33. The van der Waals surface area contributed by atoms with Crippen molar-refractivity contribution >= 4 is 38.6 Å². The fourth-order valence-electron chi connectivity index (χ4n) is 2.16. The number of nitrogens with zero attached hydrogens (tertiary/aromatic N) is 4. The Bertz CT molecular complexity index is 731. The summed E-state index contributed by atoms with van der Waals surface area (Å²) in [7, 11) is 1.91. The summed E-state index contributed by atoms with van der Waals surface area (Å²) < 4.78 is 4.96. The van der Waals surface area contributed by atoms with Gasteiger partial charge in [-0.2, -0.15) is 5.10 Å². The van der Waals surface area contributed by atoms with Crippen LogP contribution in [0.5, 0.6) is 0 Å². The number of rotatable bonds is 3. The third kappa shape index (κ3) is 2.40. The Balaban J connectivity index is 2.12. The van der Waals surface area contributed by atoms with Gasteiger partial charge in [-0.25, -0.2) is 4.98 Å².